The lowest BCUT2D eigenvalue weighted by atomic mass is 10.1. The van der Waals surface area contributed by atoms with E-state index in [0.717, 1.165) is 42.4 Å². The first-order valence-corrected chi connectivity index (χ1v) is 8.93. The predicted molar refractivity (Wildman–Crippen MR) is 92.1 cm³/mol. The minimum Gasteiger partial charge on any atom is -0.465 e. The molecule has 1 saturated heterocycles. The van der Waals surface area contributed by atoms with Gasteiger partial charge in [-0.1, -0.05) is 29.5 Å². The Kier molecular flexibility index (Phi) is 4.17. The zero-order valence-electron chi connectivity index (χ0n) is 13.1. The van der Waals surface area contributed by atoms with Crippen molar-refractivity contribution in [2.24, 2.45) is 0 Å². The molecule has 3 aromatic rings. The third-order valence-corrected chi connectivity index (χ3v) is 5.00. The van der Waals surface area contributed by atoms with Crippen molar-refractivity contribution in [2.45, 2.75) is 25.4 Å². The van der Waals surface area contributed by atoms with Crippen LogP contribution >= 0.6 is 11.3 Å². The van der Waals surface area contributed by atoms with Gasteiger partial charge in [0.05, 0.1) is 6.42 Å². The van der Waals surface area contributed by atoms with Crippen molar-refractivity contribution < 1.29 is 9.53 Å². The van der Waals surface area contributed by atoms with E-state index in [1.54, 1.807) is 5.51 Å². The second-order valence-electron chi connectivity index (χ2n) is 5.94. The Balaban J connectivity index is 1.34. The van der Waals surface area contributed by atoms with Gasteiger partial charge in [-0.2, -0.15) is 0 Å². The fraction of sp³-hybridized carbons (Fsp3) is 0.353. The number of fused-ring (bicyclic) bond motifs is 1. The second kappa shape index (κ2) is 6.60. The number of aromatic nitrogens is 3. The standard InChI is InChI=1S/C17H18N4O2S/c22-16(9-12-10-18-15-4-2-1-3-14(12)15)21-7-5-13(6-8-21)23-17-20-19-11-24-17/h1-4,10-11,13,18H,5-9H2. The highest BCUT2D eigenvalue weighted by Crippen LogP contribution is 2.22. The number of benzene rings is 1. The maximum Gasteiger partial charge on any atom is 0.294 e. The summed E-state index contributed by atoms with van der Waals surface area (Å²) in [6.45, 7) is 1.45. The van der Waals surface area contributed by atoms with E-state index in [2.05, 4.69) is 21.2 Å². The van der Waals surface area contributed by atoms with Crippen LogP contribution in [0.2, 0.25) is 0 Å². The van der Waals surface area contributed by atoms with Gasteiger partial charge in [-0.25, -0.2) is 0 Å². The molecule has 0 bridgehead atoms. The number of rotatable bonds is 4. The fourth-order valence-electron chi connectivity index (χ4n) is 3.13. The first kappa shape index (κ1) is 15.1. The molecule has 1 fully saturated rings. The van der Waals surface area contributed by atoms with Gasteiger partial charge < -0.3 is 14.6 Å². The van der Waals surface area contributed by atoms with Gasteiger partial charge in [0.15, 0.2) is 0 Å². The van der Waals surface area contributed by atoms with Crippen LogP contribution in [-0.4, -0.2) is 45.2 Å². The van der Waals surface area contributed by atoms with Crippen LogP contribution in [0, 0.1) is 0 Å². The van der Waals surface area contributed by atoms with Crippen LogP contribution in [0.1, 0.15) is 18.4 Å². The Hall–Kier alpha value is -2.41. The molecule has 3 heterocycles. The quantitative estimate of drug-likeness (QED) is 0.791. The van der Waals surface area contributed by atoms with Crippen molar-refractivity contribution in [1.82, 2.24) is 20.1 Å². The van der Waals surface area contributed by atoms with Gasteiger partial charge in [-0.05, 0) is 11.6 Å². The lowest BCUT2D eigenvalue weighted by Crippen LogP contribution is -2.42. The molecule has 1 aromatic carbocycles. The van der Waals surface area contributed by atoms with Crippen LogP contribution < -0.4 is 4.74 Å². The molecule has 7 heteroatoms. The van der Waals surface area contributed by atoms with Crippen LogP contribution in [0.3, 0.4) is 0 Å². The summed E-state index contributed by atoms with van der Waals surface area (Å²) in [5.41, 5.74) is 3.79. The summed E-state index contributed by atoms with van der Waals surface area (Å²) >= 11 is 1.40. The first-order valence-electron chi connectivity index (χ1n) is 8.05. The Morgan fingerprint density at radius 2 is 2.17 bits per heavy atom. The largest absolute Gasteiger partial charge is 0.465 e. The summed E-state index contributed by atoms with van der Waals surface area (Å²) in [6, 6.07) is 8.07. The van der Waals surface area contributed by atoms with E-state index in [1.165, 1.54) is 11.3 Å². The average molecular weight is 342 g/mol. The molecule has 124 valence electrons. The third-order valence-electron chi connectivity index (χ3n) is 4.42. The monoisotopic (exact) mass is 342 g/mol. The molecule has 24 heavy (non-hydrogen) atoms. The van der Waals surface area contributed by atoms with E-state index < -0.39 is 0 Å². The first-order chi connectivity index (χ1) is 11.8. The molecule has 0 spiro atoms. The molecule has 0 atom stereocenters. The highest BCUT2D eigenvalue weighted by molar-refractivity contribution is 7.11. The molecule has 6 nitrogen and oxygen atoms in total. The van der Waals surface area contributed by atoms with Crippen molar-refractivity contribution in [2.75, 3.05) is 13.1 Å². The average Bonchev–Trinajstić information content (AvgIpc) is 3.26. The molecule has 1 amide bonds. The number of piperidine rings is 1. The van der Waals surface area contributed by atoms with Gasteiger partial charge >= 0.3 is 0 Å². The number of nitrogens with one attached hydrogen (secondary N) is 1. The molecule has 1 aliphatic rings. The van der Waals surface area contributed by atoms with Gasteiger partial charge in [0.2, 0.25) is 5.91 Å². The third kappa shape index (κ3) is 3.12. The van der Waals surface area contributed by atoms with Crippen molar-refractivity contribution in [3.05, 3.63) is 41.5 Å². The Bertz CT molecular complexity index is 822. The molecule has 0 saturated carbocycles. The van der Waals surface area contributed by atoms with Crippen LogP contribution in [-0.2, 0) is 11.2 Å². The lowest BCUT2D eigenvalue weighted by Gasteiger charge is -2.31. The summed E-state index contributed by atoms with van der Waals surface area (Å²) in [7, 11) is 0. The summed E-state index contributed by atoms with van der Waals surface area (Å²) < 4.78 is 5.79. The smallest absolute Gasteiger partial charge is 0.294 e. The van der Waals surface area contributed by atoms with E-state index in [0.29, 0.717) is 11.6 Å². The Labute approximate surface area is 143 Å². The molecule has 0 unspecified atom stereocenters. The number of hydrogen-bond acceptors (Lipinski definition) is 5. The van der Waals surface area contributed by atoms with Gasteiger partial charge in [-0.3, -0.25) is 4.79 Å². The molecule has 1 N–H and O–H groups in total. The highest BCUT2D eigenvalue weighted by Gasteiger charge is 2.25. The predicted octanol–water partition coefficient (Wildman–Crippen LogP) is 2.63. The van der Waals surface area contributed by atoms with Crippen LogP contribution in [0.15, 0.2) is 36.0 Å². The molecule has 0 radical (unpaired) electrons. The second-order valence-corrected chi connectivity index (χ2v) is 6.73. The summed E-state index contributed by atoms with van der Waals surface area (Å²) in [4.78, 5) is 17.7. The van der Waals surface area contributed by atoms with Gasteiger partial charge in [0.25, 0.3) is 5.19 Å². The van der Waals surface area contributed by atoms with E-state index in [1.807, 2.05) is 29.3 Å². The van der Waals surface area contributed by atoms with E-state index >= 15 is 0 Å². The lowest BCUT2D eigenvalue weighted by molar-refractivity contribution is -0.132. The molecule has 2 aromatic heterocycles. The van der Waals surface area contributed by atoms with Crippen molar-refractivity contribution in [3.8, 4) is 5.19 Å². The van der Waals surface area contributed by atoms with Gasteiger partial charge in [0, 0.05) is 43.0 Å². The van der Waals surface area contributed by atoms with Crippen molar-refractivity contribution >= 4 is 28.1 Å². The minimum atomic E-state index is 0.120. The number of nitrogens with zero attached hydrogens (tertiary/aromatic N) is 3. The summed E-state index contributed by atoms with van der Waals surface area (Å²) in [5.74, 6) is 0.175. The normalized spacial score (nSPS) is 15.8. The molecular weight excluding hydrogens is 324 g/mol. The van der Waals surface area contributed by atoms with Gasteiger partial charge in [0.1, 0.15) is 11.6 Å². The van der Waals surface area contributed by atoms with Gasteiger partial charge in [-0.15, -0.1) is 10.2 Å². The number of likely N-dealkylation sites (tertiary alicyclic amines) is 1. The van der Waals surface area contributed by atoms with Crippen LogP contribution in [0.5, 0.6) is 5.19 Å². The van der Waals surface area contributed by atoms with E-state index in [4.69, 9.17) is 4.74 Å². The number of carbonyl (C=O) groups is 1. The fourth-order valence-corrected chi connectivity index (χ4v) is 3.60. The number of para-hydroxylation sites is 1. The summed E-state index contributed by atoms with van der Waals surface area (Å²) in [5, 5.41) is 9.41. The van der Waals surface area contributed by atoms with Crippen molar-refractivity contribution in [3.63, 3.8) is 0 Å². The maximum atomic E-state index is 12.6. The Morgan fingerprint density at radius 1 is 1.33 bits per heavy atom. The molecule has 0 aliphatic carbocycles. The van der Waals surface area contributed by atoms with Crippen molar-refractivity contribution in [1.29, 1.82) is 0 Å². The number of carbonyl (C=O) groups excluding carboxylic acids is 1. The topological polar surface area (TPSA) is 71.1 Å². The zero-order valence-corrected chi connectivity index (χ0v) is 14.0. The summed E-state index contributed by atoms with van der Waals surface area (Å²) in [6.07, 6.45) is 4.16. The number of amides is 1. The number of aromatic amines is 1. The number of hydrogen-bond donors (Lipinski definition) is 1. The minimum absolute atomic E-state index is 0.120. The molecule has 1 aliphatic heterocycles. The van der Waals surface area contributed by atoms with Crippen LogP contribution in [0.25, 0.3) is 10.9 Å². The number of H-pyrrole nitrogens is 1. The molecular formula is C17H18N4O2S. The van der Waals surface area contributed by atoms with E-state index in [9.17, 15) is 4.79 Å². The SMILES string of the molecule is O=C(Cc1c[nH]c2ccccc12)N1CCC(Oc2nncs2)CC1. The van der Waals surface area contributed by atoms with E-state index in [-0.39, 0.29) is 12.0 Å². The van der Waals surface area contributed by atoms with Crippen LogP contribution in [0.4, 0.5) is 0 Å². The Morgan fingerprint density at radius 3 is 2.96 bits per heavy atom. The number of ether oxygens (including phenoxy) is 1. The maximum absolute atomic E-state index is 12.6. The highest BCUT2D eigenvalue weighted by atomic mass is 32.1. The molecule has 4 rings (SSSR count). The zero-order chi connectivity index (χ0) is 16.4.